The molecule has 0 spiro atoms. The Morgan fingerprint density at radius 2 is 1.81 bits per heavy atom. The van der Waals surface area contributed by atoms with E-state index in [-0.39, 0.29) is 23.7 Å². The number of aromatic nitrogens is 2. The summed E-state index contributed by atoms with van der Waals surface area (Å²) in [5.74, 6) is 0.375. The molecule has 1 N–H and O–H groups in total. The van der Waals surface area contributed by atoms with Crippen LogP contribution in [0, 0.1) is 19.7 Å². The number of amides is 2. The first-order chi connectivity index (χ1) is 12.9. The third-order valence-corrected chi connectivity index (χ3v) is 5.18. The normalized spacial score (nSPS) is 15.0. The first-order valence-corrected chi connectivity index (χ1v) is 9.20. The highest BCUT2D eigenvalue weighted by Gasteiger charge is 2.26. The molecule has 1 saturated heterocycles. The van der Waals surface area contributed by atoms with Gasteiger partial charge in [0.2, 0.25) is 5.91 Å². The SMILES string of the molecule is CC(=O)N1CCC(n2c(C)nc(C(=O)NCc3ccc(F)cc3)c2C)CC1. The average Bonchev–Trinajstić information content (AvgIpc) is 2.95. The van der Waals surface area contributed by atoms with Crippen molar-refractivity contribution in [3.63, 3.8) is 0 Å². The van der Waals surface area contributed by atoms with Gasteiger partial charge in [0, 0.05) is 38.3 Å². The maximum Gasteiger partial charge on any atom is 0.272 e. The van der Waals surface area contributed by atoms with Gasteiger partial charge in [-0.25, -0.2) is 9.37 Å². The van der Waals surface area contributed by atoms with Crippen molar-refractivity contribution < 1.29 is 14.0 Å². The summed E-state index contributed by atoms with van der Waals surface area (Å²) in [5.41, 5.74) is 2.09. The molecule has 7 heteroatoms. The van der Waals surface area contributed by atoms with E-state index in [9.17, 15) is 14.0 Å². The molecule has 1 aliphatic heterocycles. The second-order valence-electron chi connectivity index (χ2n) is 7.01. The predicted molar refractivity (Wildman–Crippen MR) is 99.8 cm³/mol. The van der Waals surface area contributed by atoms with Gasteiger partial charge in [0.05, 0.1) is 0 Å². The van der Waals surface area contributed by atoms with Gasteiger partial charge in [0.25, 0.3) is 5.91 Å². The van der Waals surface area contributed by atoms with Crippen molar-refractivity contribution in [2.24, 2.45) is 0 Å². The molecule has 1 aromatic heterocycles. The Balaban J connectivity index is 1.68. The van der Waals surface area contributed by atoms with Crippen LogP contribution in [0.25, 0.3) is 0 Å². The average molecular weight is 372 g/mol. The Morgan fingerprint density at radius 3 is 2.41 bits per heavy atom. The molecule has 0 unspecified atom stereocenters. The second kappa shape index (κ2) is 7.90. The van der Waals surface area contributed by atoms with Crippen molar-refractivity contribution in [2.45, 2.75) is 46.2 Å². The predicted octanol–water partition coefficient (Wildman–Crippen LogP) is 2.75. The number of piperidine rings is 1. The number of hydrogen-bond acceptors (Lipinski definition) is 3. The van der Waals surface area contributed by atoms with Crippen LogP contribution in [-0.2, 0) is 11.3 Å². The molecule has 0 radical (unpaired) electrons. The zero-order chi connectivity index (χ0) is 19.6. The summed E-state index contributed by atoms with van der Waals surface area (Å²) in [6.07, 6.45) is 1.71. The number of carbonyl (C=O) groups is 2. The molecule has 3 rings (SSSR count). The van der Waals surface area contributed by atoms with Crippen LogP contribution >= 0.6 is 0 Å². The minimum Gasteiger partial charge on any atom is -0.347 e. The smallest absolute Gasteiger partial charge is 0.272 e. The number of likely N-dealkylation sites (tertiary alicyclic amines) is 1. The monoisotopic (exact) mass is 372 g/mol. The molecule has 0 atom stereocenters. The molecule has 2 aromatic rings. The van der Waals surface area contributed by atoms with Crippen LogP contribution in [0.1, 0.15) is 53.4 Å². The lowest BCUT2D eigenvalue weighted by molar-refractivity contribution is -0.130. The van der Waals surface area contributed by atoms with Crippen molar-refractivity contribution in [1.82, 2.24) is 19.8 Å². The number of benzene rings is 1. The lowest BCUT2D eigenvalue weighted by atomic mass is 10.0. The van der Waals surface area contributed by atoms with Gasteiger partial charge in [-0.05, 0) is 44.4 Å². The molecule has 1 fully saturated rings. The zero-order valence-electron chi connectivity index (χ0n) is 16.0. The molecule has 1 aliphatic rings. The largest absolute Gasteiger partial charge is 0.347 e. The fourth-order valence-corrected chi connectivity index (χ4v) is 3.71. The number of halogens is 1. The summed E-state index contributed by atoms with van der Waals surface area (Å²) >= 11 is 0. The maximum absolute atomic E-state index is 13.0. The Hall–Kier alpha value is -2.70. The molecule has 0 aliphatic carbocycles. The lowest BCUT2D eigenvalue weighted by Crippen LogP contribution is -2.38. The van der Waals surface area contributed by atoms with Gasteiger partial charge in [0.15, 0.2) is 0 Å². The Bertz CT molecular complexity index is 836. The molecule has 6 nitrogen and oxygen atoms in total. The van der Waals surface area contributed by atoms with E-state index < -0.39 is 0 Å². The molecule has 2 amide bonds. The van der Waals surface area contributed by atoms with Gasteiger partial charge in [-0.1, -0.05) is 12.1 Å². The zero-order valence-corrected chi connectivity index (χ0v) is 16.0. The number of rotatable bonds is 4. The molecule has 0 saturated carbocycles. The van der Waals surface area contributed by atoms with E-state index in [1.165, 1.54) is 12.1 Å². The molecule has 1 aromatic carbocycles. The van der Waals surface area contributed by atoms with Crippen LogP contribution in [-0.4, -0.2) is 39.4 Å². The summed E-state index contributed by atoms with van der Waals surface area (Å²) in [5, 5.41) is 2.85. The van der Waals surface area contributed by atoms with E-state index >= 15 is 0 Å². The molecular weight excluding hydrogens is 347 g/mol. The van der Waals surface area contributed by atoms with Gasteiger partial charge in [-0.2, -0.15) is 0 Å². The molecule has 2 heterocycles. The molecule has 27 heavy (non-hydrogen) atoms. The first kappa shape index (κ1) is 19.1. The van der Waals surface area contributed by atoms with Gasteiger partial charge < -0.3 is 14.8 Å². The number of hydrogen-bond donors (Lipinski definition) is 1. The summed E-state index contributed by atoms with van der Waals surface area (Å²) in [6.45, 7) is 7.18. The number of carbonyl (C=O) groups excluding carboxylic acids is 2. The van der Waals surface area contributed by atoms with E-state index in [1.807, 2.05) is 18.7 Å². The summed E-state index contributed by atoms with van der Waals surface area (Å²) in [6, 6.07) is 6.29. The van der Waals surface area contributed by atoms with E-state index in [1.54, 1.807) is 19.1 Å². The van der Waals surface area contributed by atoms with E-state index in [0.717, 1.165) is 43.0 Å². The number of nitrogens with zero attached hydrogens (tertiary/aromatic N) is 3. The fourth-order valence-electron chi connectivity index (χ4n) is 3.71. The maximum atomic E-state index is 13.0. The number of aryl methyl sites for hydroxylation is 1. The number of imidazole rings is 1. The third-order valence-electron chi connectivity index (χ3n) is 5.18. The first-order valence-electron chi connectivity index (χ1n) is 9.20. The van der Waals surface area contributed by atoms with Crippen LogP contribution in [0.15, 0.2) is 24.3 Å². The Kier molecular flexibility index (Phi) is 5.58. The Labute approximate surface area is 158 Å². The van der Waals surface area contributed by atoms with Gasteiger partial charge in [-0.15, -0.1) is 0 Å². The minimum atomic E-state index is -0.300. The van der Waals surface area contributed by atoms with Crippen LogP contribution in [0.4, 0.5) is 4.39 Å². The van der Waals surface area contributed by atoms with E-state index in [2.05, 4.69) is 14.9 Å². The van der Waals surface area contributed by atoms with Crippen molar-refractivity contribution >= 4 is 11.8 Å². The lowest BCUT2D eigenvalue weighted by Gasteiger charge is -2.33. The number of nitrogens with one attached hydrogen (secondary N) is 1. The summed E-state index contributed by atoms with van der Waals surface area (Å²) in [7, 11) is 0. The third kappa shape index (κ3) is 4.18. The quantitative estimate of drug-likeness (QED) is 0.897. The molecule has 0 bridgehead atoms. The van der Waals surface area contributed by atoms with Crippen molar-refractivity contribution in [2.75, 3.05) is 13.1 Å². The standard InChI is InChI=1S/C20H25FN4O2/c1-13-19(20(27)22-12-16-4-6-17(21)7-5-16)23-14(2)25(13)18-8-10-24(11-9-18)15(3)26/h4-7,18H,8-12H2,1-3H3,(H,22,27). The molecular formula is C20H25FN4O2. The molecule has 144 valence electrons. The van der Waals surface area contributed by atoms with Gasteiger partial charge >= 0.3 is 0 Å². The van der Waals surface area contributed by atoms with E-state index in [0.29, 0.717) is 12.2 Å². The van der Waals surface area contributed by atoms with Crippen LogP contribution in [0.3, 0.4) is 0 Å². The van der Waals surface area contributed by atoms with Crippen molar-refractivity contribution in [3.05, 3.63) is 52.9 Å². The van der Waals surface area contributed by atoms with E-state index in [4.69, 9.17) is 0 Å². The van der Waals surface area contributed by atoms with Crippen molar-refractivity contribution in [3.8, 4) is 0 Å². The minimum absolute atomic E-state index is 0.105. The van der Waals surface area contributed by atoms with Crippen LogP contribution in [0.5, 0.6) is 0 Å². The fraction of sp³-hybridized carbons (Fsp3) is 0.450. The van der Waals surface area contributed by atoms with Gasteiger partial charge in [-0.3, -0.25) is 9.59 Å². The summed E-state index contributed by atoms with van der Waals surface area (Å²) < 4.78 is 15.1. The van der Waals surface area contributed by atoms with Crippen LogP contribution in [0.2, 0.25) is 0 Å². The van der Waals surface area contributed by atoms with Crippen LogP contribution < -0.4 is 5.32 Å². The second-order valence-corrected chi connectivity index (χ2v) is 7.01. The Morgan fingerprint density at radius 1 is 1.19 bits per heavy atom. The van der Waals surface area contributed by atoms with Crippen molar-refractivity contribution in [1.29, 1.82) is 0 Å². The highest BCUT2D eigenvalue weighted by molar-refractivity contribution is 5.93. The summed E-state index contributed by atoms with van der Waals surface area (Å²) in [4.78, 5) is 30.4. The van der Waals surface area contributed by atoms with Gasteiger partial charge in [0.1, 0.15) is 17.3 Å². The highest BCUT2D eigenvalue weighted by Crippen LogP contribution is 2.27. The topological polar surface area (TPSA) is 67.2 Å². The highest BCUT2D eigenvalue weighted by atomic mass is 19.1.